The van der Waals surface area contributed by atoms with E-state index in [1.54, 1.807) is 12.1 Å². The Morgan fingerprint density at radius 2 is 2.00 bits per heavy atom. The Balaban J connectivity index is 1.50. The third kappa shape index (κ3) is 3.66. The van der Waals surface area contributed by atoms with Crippen molar-refractivity contribution in [2.75, 3.05) is 30.4 Å². The predicted octanol–water partition coefficient (Wildman–Crippen LogP) is 5.19. The van der Waals surface area contributed by atoms with Gasteiger partial charge in [-0.05, 0) is 85.2 Å². The monoisotopic (exact) mass is 435 g/mol. The summed E-state index contributed by atoms with van der Waals surface area (Å²) in [7, 11) is 2.04. The Morgan fingerprint density at radius 1 is 1.19 bits per heavy atom. The highest BCUT2D eigenvalue weighted by Crippen LogP contribution is 2.49. The molecule has 1 fully saturated rings. The number of carbonyl (C=O) groups excluding carboxylic acids is 1. The standard InChI is InChI=1S/C26H30FN3O2/c1-29-23-12-7-18(17-5-3-2-4-6-17)15-22(23)25-21(24(29)16-31)13-14-30(25)26(32)28-20-10-8-19(27)9-11-20/h5,7-12,15,21,24-25,31H,2-4,6,13-14,16H2,1H3,(H,28,32)/t21-,24-,25-/m0/s1. The van der Waals surface area contributed by atoms with Gasteiger partial charge in [0.05, 0.1) is 18.7 Å². The number of likely N-dealkylation sites (tertiary alicyclic amines) is 1. The van der Waals surface area contributed by atoms with Gasteiger partial charge in [0.2, 0.25) is 0 Å². The third-order valence-electron chi connectivity index (χ3n) is 7.37. The summed E-state index contributed by atoms with van der Waals surface area (Å²) in [4.78, 5) is 17.3. The summed E-state index contributed by atoms with van der Waals surface area (Å²) in [5.41, 5.74) is 5.43. The molecule has 5 rings (SSSR count). The number of halogens is 1. The maximum absolute atomic E-state index is 13.3. The minimum atomic E-state index is -0.330. The van der Waals surface area contributed by atoms with Gasteiger partial charge in [-0.1, -0.05) is 12.1 Å². The van der Waals surface area contributed by atoms with E-state index in [9.17, 15) is 14.3 Å². The number of likely N-dealkylation sites (N-methyl/N-ethyl adjacent to an activating group) is 1. The second-order valence-corrected chi connectivity index (χ2v) is 9.14. The van der Waals surface area contributed by atoms with Crippen LogP contribution in [0, 0.1) is 11.7 Å². The molecule has 0 unspecified atom stereocenters. The molecule has 2 aromatic rings. The highest BCUT2D eigenvalue weighted by Gasteiger charge is 2.47. The van der Waals surface area contributed by atoms with Gasteiger partial charge in [-0.3, -0.25) is 0 Å². The van der Waals surface area contributed by atoms with Crippen molar-refractivity contribution in [1.82, 2.24) is 4.90 Å². The maximum Gasteiger partial charge on any atom is 0.322 e. The Morgan fingerprint density at radius 3 is 2.72 bits per heavy atom. The normalized spacial score (nSPS) is 24.6. The van der Waals surface area contributed by atoms with E-state index in [0.29, 0.717) is 12.2 Å². The molecule has 32 heavy (non-hydrogen) atoms. The molecule has 6 heteroatoms. The zero-order valence-corrected chi connectivity index (χ0v) is 18.4. The average molecular weight is 436 g/mol. The fourth-order valence-electron chi connectivity index (χ4n) is 5.71. The topological polar surface area (TPSA) is 55.8 Å². The number of nitrogens with one attached hydrogen (secondary N) is 1. The lowest BCUT2D eigenvalue weighted by atomic mass is 9.80. The number of nitrogens with zero attached hydrogens (tertiary/aromatic N) is 2. The number of anilines is 2. The molecule has 168 valence electrons. The van der Waals surface area contributed by atoms with Gasteiger partial charge in [-0.2, -0.15) is 0 Å². The molecule has 0 radical (unpaired) electrons. The first kappa shape index (κ1) is 21.0. The fraction of sp³-hybridized carbons (Fsp3) is 0.423. The molecule has 3 aliphatic rings. The van der Waals surface area contributed by atoms with Crippen LogP contribution in [0.5, 0.6) is 0 Å². The Hall–Kier alpha value is -2.86. The van der Waals surface area contributed by atoms with Crippen molar-refractivity contribution in [2.24, 2.45) is 5.92 Å². The minimum absolute atomic E-state index is 0.0316. The van der Waals surface area contributed by atoms with Crippen LogP contribution in [0.1, 0.15) is 49.3 Å². The zero-order chi connectivity index (χ0) is 22.2. The second kappa shape index (κ2) is 8.58. The van der Waals surface area contributed by atoms with Crippen molar-refractivity contribution < 1.29 is 14.3 Å². The van der Waals surface area contributed by atoms with Crippen molar-refractivity contribution >= 4 is 23.0 Å². The fourth-order valence-corrected chi connectivity index (χ4v) is 5.71. The molecule has 2 heterocycles. The Labute approximate surface area is 188 Å². The number of aliphatic hydroxyl groups excluding tert-OH is 1. The summed E-state index contributed by atoms with van der Waals surface area (Å²) in [6, 6.07) is 12.1. The van der Waals surface area contributed by atoms with E-state index in [-0.39, 0.29) is 36.5 Å². The average Bonchev–Trinajstić information content (AvgIpc) is 3.26. The van der Waals surface area contributed by atoms with E-state index >= 15 is 0 Å². The van der Waals surface area contributed by atoms with E-state index < -0.39 is 0 Å². The lowest BCUT2D eigenvalue weighted by molar-refractivity contribution is 0.168. The number of hydrogen-bond donors (Lipinski definition) is 2. The van der Waals surface area contributed by atoms with E-state index in [2.05, 4.69) is 34.5 Å². The van der Waals surface area contributed by atoms with Crippen LogP contribution in [-0.4, -0.2) is 42.3 Å². The molecule has 0 spiro atoms. The van der Waals surface area contributed by atoms with Crippen LogP contribution in [0.2, 0.25) is 0 Å². The van der Waals surface area contributed by atoms with Crippen molar-refractivity contribution in [2.45, 2.75) is 44.2 Å². The summed E-state index contributed by atoms with van der Waals surface area (Å²) in [6.07, 6.45) is 7.86. The Kier molecular flexibility index (Phi) is 5.64. The molecule has 2 aromatic carbocycles. The molecular formula is C26H30FN3O2. The highest BCUT2D eigenvalue weighted by atomic mass is 19.1. The number of fused-ring (bicyclic) bond motifs is 3. The van der Waals surface area contributed by atoms with Crippen molar-refractivity contribution in [1.29, 1.82) is 0 Å². The lowest BCUT2D eigenvalue weighted by Gasteiger charge is -2.44. The van der Waals surface area contributed by atoms with Crippen molar-refractivity contribution in [3.05, 3.63) is 65.5 Å². The third-order valence-corrected chi connectivity index (χ3v) is 7.37. The predicted molar refractivity (Wildman–Crippen MR) is 125 cm³/mol. The molecule has 0 bridgehead atoms. The van der Waals surface area contributed by atoms with Gasteiger partial charge >= 0.3 is 6.03 Å². The number of carbonyl (C=O) groups is 1. The van der Waals surface area contributed by atoms with Crippen LogP contribution >= 0.6 is 0 Å². The number of aliphatic hydroxyl groups is 1. The molecule has 2 N–H and O–H groups in total. The van der Waals surface area contributed by atoms with Crippen LogP contribution in [0.3, 0.4) is 0 Å². The summed E-state index contributed by atoms with van der Waals surface area (Å²) < 4.78 is 13.3. The number of benzene rings is 2. The van der Waals surface area contributed by atoms with Crippen molar-refractivity contribution in [3.63, 3.8) is 0 Å². The zero-order valence-electron chi connectivity index (χ0n) is 18.4. The first-order valence-corrected chi connectivity index (χ1v) is 11.6. The molecule has 0 saturated carbocycles. The SMILES string of the molecule is CN1c2ccc(C3=CCCCC3)cc2[C@@H]2[C@@H](CCN2C(=O)Nc2ccc(F)cc2)[C@@H]1CO. The van der Waals surface area contributed by atoms with Gasteiger partial charge in [0.25, 0.3) is 0 Å². The molecule has 3 atom stereocenters. The molecule has 1 saturated heterocycles. The maximum atomic E-state index is 13.3. The van der Waals surface area contributed by atoms with Crippen molar-refractivity contribution in [3.8, 4) is 0 Å². The second-order valence-electron chi connectivity index (χ2n) is 9.14. The van der Waals surface area contributed by atoms with Crippen LogP contribution in [0.15, 0.2) is 48.5 Å². The van der Waals surface area contributed by atoms with Crippen LogP contribution in [-0.2, 0) is 0 Å². The van der Waals surface area contributed by atoms with E-state index in [0.717, 1.165) is 30.5 Å². The van der Waals surface area contributed by atoms with Gasteiger partial charge in [-0.15, -0.1) is 0 Å². The van der Waals surface area contributed by atoms with Gasteiger partial charge in [0.15, 0.2) is 0 Å². The quantitative estimate of drug-likeness (QED) is 0.698. The number of rotatable bonds is 3. The first-order chi connectivity index (χ1) is 15.6. The Bertz CT molecular complexity index is 1040. The largest absolute Gasteiger partial charge is 0.394 e. The van der Waals surface area contributed by atoms with E-state index in [1.165, 1.54) is 36.1 Å². The number of allylic oxidation sites excluding steroid dienone is 2. The number of hydrogen-bond acceptors (Lipinski definition) is 3. The van der Waals surface area contributed by atoms with Gasteiger partial charge in [0, 0.05) is 30.9 Å². The molecule has 2 aliphatic heterocycles. The molecular weight excluding hydrogens is 405 g/mol. The first-order valence-electron chi connectivity index (χ1n) is 11.6. The van der Waals surface area contributed by atoms with Gasteiger partial charge in [0.1, 0.15) is 5.82 Å². The minimum Gasteiger partial charge on any atom is -0.394 e. The summed E-state index contributed by atoms with van der Waals surface area (Å²) in [6.45, 7) is 0.677. The number of amides is 2. The van der Waals surface area contributed by atoms with Crippen LogP contribution in [0.4, 0.5) is 20.6 Å². The summed E-state index contributed by atoms with van der Waals surface area (Å²) >= 11 is 0. The molecule has 2 amide bonds. The van der Waals surface area contributed by atoms with Gasteiger partial charge in [-0.25, -0.2) is 9.18 Å². The van der Waals surface area contributed by atoms with Crippen LogP contribution < -0.4 is 10.2 Å². The van der Waals surface area contributed by atoms with E-state index in [4.69, 9.17) is 0 Å². The lowest BCUT2D eigenvalue weighted by Crippen LogP contribution is -2.48. The number of urea groups is 1. The summed E-state index contributed by atoms with van der Waals surface area (Å²) in [5, 5.41) is 13.1. The molecule has 1 aliphatic carbocycles. The van der Waals surface area contributed by atoms with E-state index in [1.807, 2.05) is 11.9 Å². The molecule has 0 aromatic heterocycles. The van der Waals surface area contributed by atoms with Crippen LogP contribution in [0.25, 0.3) is 5.57 Å². The van der Waals surface area contributed by atoms with Gasteiger partial charge < -0.3 is 20.2 Å². The molecule has 5 nitrogen and oxygen atoms in total. The summed E-state index contributed by atoms with van der Waals surface area (Å²) in [5.74, 6) is -0.170. The smallest absolute Gasteiger partial charge is 0.322 e. The highest BCUT2D eigenvalue weighted by molar-refractivity contribution is 5.90.